The molecule has 0 fully saturated rings. The molecule has 0 spiro atoms. The number of hydrogen-bond acceptors (Lipinski definition) is 8. The smallest absolute Gasteiger partial charge is 0.247 e. The van der Waals surface area contributed by atoms with E-state index in [1.807, 2.05) is 49.4 Å². The molecule has 2 aromatic carbocycles. The van der Waals surface area contributed by atoms with Crippen LogP contribution in [0.15, 0.2) is 63.4 Å². The number of benzene rings is 2. The SMILES string of the molecule is Cc1ccc(Nc2nnc(S[C@H](C)c3nnc(-c4ccccc4)o3)s2)cc1. The molecule has 136 valence electrons. The highest BCUT2D eigenvalue weighted by molar-refractivity contribution is 8.01. The molecule has 0 unspecified atom stereocenters. The van der Waals surface area contributed by atoms with Crippen LogP contribution in [0.3, 0.4) is 0 Å². The van der Waals surface area contributed by atoms with Crippen molar-refractivity contribution in [3.05, 3.63) is 66.1 Å². The van der Waals surface area contributed by atoms with Crippen LogP contribution in [0, 0.1) is 6.92 Å². The summed E-state index contributed by atoms with van der Waals surface area (Å²) in [5, 5.41) is 20.8. The first-order valence-corrected chi connectivity index (χ1v) is 10.1. The van der Waals surface area contributed by atoms with E-state index >= 15 is 0 Å². The Labute approximate surface area is 165 Å². The van der Waals surface area contributed by atoms with Crippen LogP contribution in [0.1, 0.15) is 23.6 Å². The van der Waals surface area contributed by atoms with E-state index in [9.17, 15) is 0 Å². The van der Waals surface area contributed by atoms with Crippen LogP contribution in [0.25, 0.3) is 11.5 Å². The van der Waals surface area contributed by atoms with Crippen molar-refractivity contribution in [1.29, 1.82) is 0 Å². The van der Waals surface area contributed by atoms with E-state index in [2.05, 4.69) is 44.8 Å². The molecule has 0 bridgehead atoms. The maximum atomic E-state index is 5.82. The van der Waals surface area contributed by atoms with Gasteiger partial charge in [0.05, 0.1) is 5.25 Å². The Morgan fingerprint density at radius 3 is 2.52 bits per heavy atom. The van der Waals surface area contributed by atoms with Crippen LogP contribution < -0.4 is 5.32 Å². The van der Waals surface area contributed by atoms with E-state index in [4.69, 9.17) is 4.42 Å². The van der Waals surface area contributed by atoms with Gasteiger partial charge >= 0.3 is 0 Å². The van der Waals surface area contributed by atoms with Gasteiger partial charge in [-0.25, -0.2) is 0 Å². The molecule has 27 heavy (non-hydrogen) atoms. The van der Waals surface area contributed by atoms with E-state index in [0.717, 1.165) is 20.7 Å². The van der Waals surface area contributed by atoms with Crippen molar-refractivity contribution in [1.82, 2.24) is 20.4 Å². The summed E-state index contributed by atoms with van der Waals surface area (Å²) in [6, 6.07) is 17.9. The zero-order valence-electron chi connectivity index (χ0n) is 14.8. The van der Waals surface area contributed by atoms with Crippen LogP contribution in [-0.2, 0) is 0 Å². The van der Waals surface area contributed by atoms with Crippen molar-refractivity contribution >= 4 is 33.9 Å². The van der Waals surface area contributed by atoms with Crippen LogP contribution in [-0.4, -0.2) is 20.4 Å². The molecular weight excluding hydrogens is 378 g/mol. The number of nitrogens with one attached hydrogen (secondary N) is 1. The second kappa shape index (κ2) is 7.89. The molecule has 8 heteroatoms. The largest absolute Gasteiger partial charge is 0.419 e. The first-order valence-electron chi connectivity index (χ1n) is 8.40. The van der Waals surface area contributed by atoms with Crippen LogP contribution in [0.5, 0.6) is 0 Å². The third-order valence-electron chi connectivity index (χ3n) is 3.80. The van der Waals surface area contributed by atoms with Gasteiger partial charge < -0.3 is 9.73 Å². The molecular formula is C19H17N5OS2. The molecule has 0 amide bonds. The molecule has 0 aliphatic carbocycles. The van der Waals surface area contributed by atoms with Gasteiger partial charge in [-0.3, -0.25) is 0 Å². The van der Waals surface area contributed by atoms with E-state index < -0.39 is 0 Å². The summed E-state index contributed by atoms with van der Waals surface area (Å²) < 4.78 is 6.66. The Morgan fingerprint density at radius 2 is 1.74 bits per heavy atom. The molecule has 1 atom stereocenters. The van der Waals surface area contributed by atoms with Gasteiger partial charge in [-0.2, -0.15) is 0 Å². The van der Waals surface area contributed by atoms with Crippen molar-refractivity contribution in [3.8, 4) is 11.5 Å². The zero-order chi connectivity index (χ0) is 18.6. The Kier molecular flexibility index (Phi) is 5.17. The molecule has 0 radical (unpaired) electrons. The minimum absolute atomic E-state index is 0.0184. The summed E-state index contributed by atoms with van der Waals surface area (Å²) in [6.45, 7) is 4.08. The maximum Gasteiger partial charge on any atom is 0.247 e. The van der Waals surface area contributed by atoms with Crippen LogP contribution >= 0.6 is 23.1 Å². The predicted molar refractivity (Wildman–Crippen MR) is 108 cm³/mol. The topological polar surface area (TPSA) is 76.7 Å². The lowest BCUT2D eigenvalue weighted by Gasteiger charge is -2.03. The quantitative estimate of drug-likeness (QED) is 0.432. The molecule has 2 aromatic heterocycles. The predicted octanol–water partition coefficient (Wildman–Crippen LogP) is 5.49. The molecule has 0 aliphatic heterocycles. The van der Waals surface area contributed by atoms with Crippen molar-refractivity contribution < 1.29 is 4.42 Å². The van der Waals surface area contributed by atoms with Gasteiger partial charge in [0.2, 0.25) is 16.9 Å². The van der Waals surface area contributed by atoms with Gasteiger partial charge in [-0.05, 0) is 38.1 Å². The highest BCUT2D eigenvalue weighted by atomic mass is 32.2. The molecule has 2 heterocycles. The van der Waals surface area contributed by atoms with Gasteiger partial charge in [0.15, 0.2) is 4.34 Å². The highest BCUT2D eigenvalue weighted by Crippen LogP contribution is 2.38. The summed E-state index contributed by atoms with van der Waals surface area (Å²) >= 11 is 3.05. The van der Waals surface area contributed by atoms with E-state index in [-0.39, 0.29) is 5.25 Å². The number of nitrogens with zero attached hydrogens (tertiary/aromatic N) is 4. The lowest BCUT2D eigenvalue weighted by molar-refractivity contribution is 0.509. The van der Waals surface area contributed by atoms with Gasteiger partial charge in [0.1, 0.15) is 0 Å². The highest BCUT2D eigenvalue weighted by Gasteiger charge is 2.18. The van der Waals surface area contributed by atoms with E-state index in [1.165, 1.54) is 16.9 Å². The molecule has 4 aromatic rings. The first kappa shape index (κ1) is 17.7. The van der Waals surface area contributed by atoms with Crippen molar-refractivity contribution in [2.24, 2.45) is 0 Å². The lowest BCUT2D eigenvalue weighted by atomic mass is 10.2. The van der Waals surface area contributed by atoms with Crippen molar-refractivity contribution in [2.45, 2.75) is 23.4 Å². The van der Waals surface area contributed by atoms with Crippen LogP contribution in [0.2, 0.25) is 0 Å². The van der Waals surface area contributed by atoms with Crippen molar-refractivity contribution in [3.63, 3.8) is 0 Å². The van der Waals surface area contributed by atoms with E-state index in [0.29, 0.717) is 11.8 Å². The fourth-order valence-electron chi connectivity index (χ4n) is 2.37. The third-order valence-corrected chi connectivity index (χ3v) is 5.81. The lowest BCUT2D eigenvalue weighted by Crippen LogP contribution is -1.89. The number of thioether (sulfide) groups is 1. The Morgan fingerprint density at radius 1 is 0.963 bits per heavy atom. The summed E-state index contributed by atoms with van der Waals surface area (Å²) in [7, 11) is 0. The minimum Gasteiger partial charge on any atom is -0.419 e. The molecule has 6 nitrogen and oxygen atoms in total. The first-order chi connectivity index (χ1) is 13.2. The molecule has 0 saturated carbocycles. The number of aryl methyl sites for hydroxylation is 1. The van der Waals surface area contributed by atoms with E-state index in [1.54, 1.807) is 11.8 Å². The van der Waals surface area contributed by atoms with Gasteiger partial charge in [-0.1, -0.05) is 59.0 Å². The summed E-state index contributed by atoms with van der Waals surface area (Å²) in [5.74, 6) is 1.10. The monoisotopic (exact) mass is 395 g/mol. The fourth-order valence-corrected chi connectivity index (χ4v) is 4.31. The van der Waals surface area contributed by atoms with Crippen molar-refractivity contribution in [2.75, 3.05) is 5.32 Å². The number of anilines is 2. The zero-order valence-corrected chi connectivity index (χ0v) is 16.4. The average Bonchev–Trinajstić information content (AvgIpc) is 3.34. The summed E-state index contributed by atoms with van der Waals surface area (Å²) in [5.41, 5.74) is 3.12. The Balaban J connectivity index is 1.41. The Hall–Kier alpha value is -2.71. The molecule has 4 rings (SSSR count). The summed E-state index contributed by atoms with van der Waals surface area (Å²) in [6.07, 6.45) is 0. The summed E-state index contributed by atoms with van der Waals surface area (Å²) in [4.78, 5) is 0. The fraction of sp³-hybridized carbons (Fsp3) is 0.158. The number of rotatable bonds is 6. The normalized spacial score (nSPS) is 12.1. The maximum absolute atomic E-state index is 5.82. The Bertz CT molecular complexity index is 1010. The average molecular weight is 396 g/mol. The third kappa shape index (κ3) is 4.35. The minimum atomic E-state index is -0.0184. The number of aromatic nitrogens is 4. The van der Waals surface area contributed by atoms with Gasteiger partial charge in [-0.15, -0.1) is 20.4 Å². The molecule has 0 aliphatic rings. The number of hydrogen-bond donors (Lipinski definition) is 1. The standard InChI is InChI=1S/C19H17N5OS2/c1-12-8-10-15(11-9-12)20-18-23-24-19(27-18)26-13(2)16-21-22-17(25-16)14-6-4-3-5-7-14/h3-11,13H,1-2H3,(H,20,23)/t13-/m1/s1. The van der Waals surface area contributed by atoms with Gasteiger partial charge in [0, 0.05) is 11.3 Å². The molecule has 1 N–H and O–H groups in total. The second-order valence-electron chi connectivity index (χ2n) is 5.94. The molecule has 0 saturated heterocycles. The second-order valence-corrected chi connectivity index (χ2v) is 8.50. The van der Waals surface area contributed by atoms with Gasteiger partial charge in [0.25, 0.3) is 0 Å². The van der Waals surface area contributed by atoms with Crippen LogP contribution in [0.4, 0.5) is 10.8 Å².